The van der Waals surface area contributed by atoms with Crippen molar-refractivity contribution >= 4 is 40.2 Å². The molecule has 4 nitrogen and oxygen atoms in total. The molecule has 0 spiro atoms. The van der Waals surface area contributed by atoms with Crippen molar-refractivity contribution in [1.82, 2.24) is 4.98 Å². The molecular formula is C9H6ClF3INO3. The summed E-state index contributed by atoms with van der Waals surface area (Å²) in [5, 5.41) is 8.58. The van der Waals surface area contributed by atoms with Crippen molar-refractivity contribution < 1.29 is 27.8 Å². The first-order chi connectivity index (χ1) is 8.23. The summed E-state index contributed by atoms with van der Waals surface area (Å²) in [5.74, 6) is -1.94. The second-order valence-electron chi connectivity index (χ2n) is 3.13. The Morgan fingerprint density at radius 3 is 2.61 bits per heavy atom. The molecule has 1 rings (SSSR count). The van der Waals surface area contributed by atoms with E-state index in [2.05, 4.69) is 9.72 Å². The highest BCUT2D eigenvalue weighted by atomic mass is 127. The summed E-state index contributed by atoms with van der Waals surface area (Å²) in [4.78, 5) is 14.3. The molecule has 0 aliphatic carbocycles. The molecule has 1 aromatic rings. The first-order valence-electron chi connectivity index (χ1n) is 4.44. The molecular weight excluding hydrogens is 389 g/mol. The van der Waals surface area contributed by atoms with E-state index in [9.17, 15) is 18.0 Å². The van der Waals surface area contributed by atoms with Gasteiger partial charge in [0.05, 0.1) is 18.0 Å². The number of carboxylic acids is 1. The topological polar surface area (TPSA) is 59.4 Å². The molecule has 0 radical (unpaired) electrons. The van der Waals surface area contributed by atoms with Gasteiger partial charge in [-0.3, -0.25) is 4.79 Å². The fourth-order valence-electron chi connectivity index (χ4n) is 1.15. The van der Waals surface area contributed by atoms with E-state index in [0.29, 0.717) is 0 Å². The molecule has 0 unspecified atom stereocenters. The van der Waals surface area contributed by atoms with Gasteiger partial charge >= 0.3 is 12.3 Å². The molecule has 0 saturated heterocycles. The SMILES string of the molecule is O=C(O)Cc1cc(OC(F)(F)F)c(CCl)c(I)n1. The number of carboxylic acid groups (broad SMARTS) is 1. The molecule has 1 aromatic heterocycles. The second-order valence-corrected chi connectivity index (χ2v) is 4.42. The van der Waals surface area contributed by atoms with E-state index < -0.39 is 24.5 Å². The van der Waals surface area contributed by atoms with Gasteiger partial charge in [-0.2, -0.15) is 0 Å². The van der Waals surface area contributed by atoms with Gasteiger partial charge in [0, 0.05) is 11.6 Å². The number of aromatic nitrogens is 1. The molecule has 9 heteroatoms. The second kappa shape index (κ2) is 5.91. The van der Waals surface area contributed by atoms with Gasteiger partial charge in [0.1, 0.15) is 9.45 Å². The van der Waals surface area contributed by atoms with Crippen LogP contribution < -0.4 is 4.74 Å². The molecule has 0 atom stereocenters. The summed E-state index contributed by atoms with van der Waals surface area (Å²) in [6.07, 6.45) is -5.36. The third-order valence-corrected chi connectivity index (χ3v) is 2.94. The van der Waals surface area contributed by atoms with E-state index in [4.69, 9.17) is 16.7 Å². The summed E-state index contributed by atoms with van der Waals surface area (Å²) in [6, 6.07) is 0.932. The van der Waals surface area contributed by atoms with E-state index >= 15 is 0 Å². The molecule has 0 saturated carbocycles. The van der Waals surface area contributed by atoms with Gasteiger partial charge < -0.3 is 9.84 Å². The van der Waals surface area contributed by atoms with Crippen LogP contribution in [0.5, 0.6) is 5.75 Å². The highest BCUT2D eigenvalue weighted by Gasteiger charge is 2.33. The molecule has 1 heterocycles. The average Bonchev–Trinajstić information content (AvgIpc) is 2.13. The van der Waals surface area contributed by atoms with Crippen LogP contribution in [0.4, 0.5) is 13.2 Å². The number of ether oxygens (including phenoxy) is 1. The number of rotatable bonds is 4. The van der Waals surface area contributed by atoms with Crippen LogP contribution in [-0.2, 0) is 17.1 Å². The highest BCUT2D eigenvalue weighted by Crippen LogP contribution is 2.30. The zero-order valence-corrected chi connectivity index (χ0v) is 11.5. The maximum absolute atomic E-state index is 12.2. The minimum atomic E-state index is -4.87. The number of nitrogens with zero attached hydrogens (tertiary/aromatic N) is 1. The summed E-state index contributed by atoms with van der Waals surface area (Å²) in [6.45, 7) is 0. The molecule has 0 fully saturated rings. The maximum atomic E-state index is 12.2. The Hall–Kier alpha value is -0.770. The number of halogens is 5. The summed E-state index contributed by atoms with van der Waals surface area (Å²) in [7, 11) is 0. The Kier molecular flexibility index (Phi) is 5.02. The van der Waals surface area contributed by atoms with Gasteiger partial charge in [0.15, 0.2) is 0 Å². The van der Waals surface area contributed by atoms with Crippen LogP contribution in [0.25, 0.3) is 0 Å². The standard InChI is InChI=1S/C9H6ClF3INO3/c10-3-5-6(18-9(11,12)13)1-4(2-7(16)17)15-8(5)14/h1H,2-3H2,(H,16,17). The van der Waals surface area contributed by atoms with E-state index in [0.717, 1.165) is 6.07 Å². The number of aliphatic carboxylic acids is 1. The summed E-state index contributed by atoms with van der Waals surface area (Å²) >= 11 is 7.19. The minimum Gasteiger partial charge on any atom is -0.481 e. The van der Waals surface area contributed by atoms with E-state index in [1.54, 1.807) is 22.6 Å². The number of pyridine rings is 1. The van der Waals surface area contributed by atoms with Crippen LogP contribution in [0.15, 0.2) is 6.07 Å². The van der Waals surface area contributed by atoms with Gasteiger partial charge in [-0.05, 0) is 22.6 Å². The third-order valence-electron chi connectivity index (χ3n) is 1.78. The van der Waals surface area contributed by atoms with E-state index in [-0.39, 0.29) is 20.8 Å². The van der Waals surface area contributed by atoms with Crippen LogP contribution in [0.1, 0.15) is 11.3 Å². The van der Waals surface area contributed by atoms with Crippen LogP contribution in [0, 0.1) is 3.70 Å². The zero-order chi connectivity index (χ0) is 13.9. The van der Waals surface area contributed by atoms with Crippen LogP contribution in [-0.4, -0.2) is 22.4 Å². The number of alkyl halides is 4. The predicted molar refractivity (Wildman–Crippen MR) is 64.5 cm³/mol. The van der Waals surface area contributed by atoms with Crippen molar-refractivity contribution in [1.29, 1.82) is 0 Å². The maximum Gasteiger partial charge on any atom is 0.573 e. The van der Waals surface area contributed by atoms with Crippen molar-refractivity contribution in [2.45, 2.75) is 18.7 Å². The fourth-order valence-corrected chi connectivity index (χ4v) is 2.40. The lowest BCUT2D eigenvalue weighted by Crippen LogP contribution is -2.19. The lowest BCUT2D eigenvalue weighted by molar-refractivity contribution is -0.274. The largest absolute Gasteiger partial charge is 0.573 e. The fraction of sp³-hybridized carbons (Fsp3) is 0.333. The Balaban J connectivity index is 3.19. The third kappa shape index (κ3) is 4.48. The molecule has 0 aliphatic heterocycles. The quantitative estimate of drug-likeness (QED) is 0.484. The van der Waals surface area contributed by atoms with Gasteiger partial charge in [-0.1, -0.05) is 0 Å². The summed E-state index contributed by atoms with van der Waals surface area (Å²) in [5.41, 5.74) is 0.0451. The Morgan fingerprint density at radius 2 is 2.17 bits per heavy atom. The molecule has 100 valence electrons. The van der Waals surface area contributed by atoms with Crippen LogP contribution >= 0.6 is 34.2 Å². The average molecular weight is 396 g/mol. The minimum absolute atomic E-state index is 0.0278. The smallest absolute Gasteiger partial charge is 0.481 e. The van der Waals surface area contributed by atoms with Crippen LogP contribution in [0.3, 0.4) is 0 Å². The van der Waals surface area contributed by atoms with E-state index in [1.165, 1.54) is 0 Å². The van der Waals surface area contributed by atoms with Gasteiger partial charge in [0.2, 0.25) is 0 Å². The first kappa shape index (κ1) is 15.3. The molecule has 0 bridgehead atoms. The number of hydrogen-bond acceptors (Lipinski definition) is 3. The lowest BCUT2D eigenvalue weighted by atomic mass is 10.2. The van der Waals surface area contributed by atoms with E-state index in [1.807, 2.05) is 0 Å². The molecule has 18 heavy (non-hydrogen) atoms. The van der Waals surface area contributed by atoms with Gasteiger partial charge in [0.25, 0.3) is 0 Å². The first-order valence-corrected chi connectivity index (χ1v) is 6.06. The summed E-state index contributed by atoms with van der Waals surface area (Å²) < 4.78 is 40.5. The number of carbonyl (C=O) groups is 1. The highest BCUT2D eigenvalue weighted by molar-refractivity contribution is 14.1. The zero-order valence-electron chi connectivity index (χ0n) is 8.59. The van der Waals surface area contributed by atoms with Crippen LogP contribution in [0.2, 0.25) is 0 Å². The Morgan fingerprint density at radius 1 is 1.56 bits per heavy atom. The monoisotopic (exact) mass is 395 g/mol. The normalized spacial score (nSPS) is 11.4. The van der Waals surface area contributed by atoms with Crippen molar-refractivity contribution in [3.63, 3.8) is 0 Å². The Labute approximate surface area is 118 Å². The molecule has 0 aromatic carbocycles. The van der Waals surface area contributed by atoms with Crippen molar-refractivity contribution in [3.05, 3.63) is 21.0 Å². The molecule has 0 aliphatic rings. The van der Waals surface area contributed by atoms with Gasteiger partial charge in [-0.25, -0.2) is 4.98 Å². The lowest BCUT2D eigenvalue weighted by Gasteiger charge is -2.14. The van der Waals surface area contributed by atoms with Crippen molar-refractivity contribution in [2.24, 2.45) is 0 Å². The van der Waals surface area contributed by atoms with Gasteiger partial charge in [-0.15, -0.1) is 24.8 Å². The van der Waals surface area contributed by atoms with Crippen molar-refractivity contribution in [3.8, 4) is 5.75 Å². The van der Waals surface area contributed by atoms with Crippen molar-refractivity contribution in [2.75, 3.05) is 0 Å². The molecule has 0 amide bonds. The number of hydrogen-bond donors (Lipinski definition) is 1. The Bertz CT molecular complexity index is 467. The predicted octanol–water partition coefficient (Wildman–Crippen LogP) is 2.95. The molecule has 1 N–H and O–H groups in total.